The first-order valence-electron chi connectivity index (χ1n) is 16.8. The maximum Gasteiger partial charge on any atom is 0.320 e. The average Bonchev–Trinajstić information content (AvgIpc) is 3.78. The van der Waals surface area contributed by atoms with Gasteiger partial charge in [-0.2, -0.15) is 4.99 Å². The number of aryl methyl sites for hydroxylation is 1. The van der Waals surface area contributed by atoms with Gasteiger partial charge in [0.05, 0.1) is 30.2 Å². The summed E-state index contributed by atoms with van der Waals surface area (Å²) in [4.78, 5) is 48.2. The molecular formula is C38H43N7O4. The second-order valence-corrected chi connectivity index (χ2v) is 12.8. The largest absolute Gasteiger partial charge is 0.461 e. The number of anilines is 1. The molecule has 2 atom stereocenters. The van der Waals surface area contributed by atoms with Gasteiger partial charge in [-0.3, -0.25) is 19.7 Å². The van der Waals surface area contributed by atoms with E-state index in [4.69, 9.17) is 15.5 Å². The molecule has 0 radical (unpaired) electrons. The van der Waals surface area contributed by atoms with Crippen LogP contribution in [0.2, 0.25) is 0 Å². The Kier molecular flexibility index (Phi) is 10.3. The number of hydrogen-bond acceptors (Lipinski definition) is 8. The van der Waals surface area contributed by atoms with E-state index in [0.29, 0.717) is 24.2 Å². The molecule has 2 aliphatic rings. The smallest absolute Gasteiger partial charge is 0.320 e. The molecule has 0 spiro atoms. The summed E-state index contributed by atoms with van der Waals surface area (Å²) < 4.78 is 7.75. The van der Waals surface area contributed by atoms with Crippen molar-refractivity contribution in [3.05, 3.63) is 107 Å². The highest BCUT2D eigenvalue weighted by Gasteiger charge is 2.40. The molecule has 1 aliphatic heterocycles. The summed E-state index contributed by atoms with van der Waals surface area (Å²) in [7, 11) is 1.95. The van der Waals surface area contributed by atoms with Crippen LogP contribution < -0.4 is 21.7 Å². The number of amides is 1. The van der Waals surface area contributed by atoms with Crippen LogP contribution in [0.4, 0.5) is 5.69 Å². The third-order valence-corrected chi connectivity index (χ3v) is 9.42. The third kappa shape index (κ3) is 7.79. The summed E-state index contributed by atoms with van der Waals surface area (Å²) in [5.41, 5.74) is 9.28. The van der Waals surface area contributed by atoms with Crippen LogP contribution in [0.15, 0.2) is 89.9 Å². The topological polar surface area (TPSA) is 153 Å². The lowest BCUT2D eigenvalue weighted by Gasteiger charge is -2.32. The van der Waals surface area contributed by atoms with Gasteiger partial charge in [0.15, 0.2) is 5.78 Å². The van der Waals surface area contributed by atoms with Crippen LogP contribution in [0.5, 0.6) is 0 Å². The van der Waals surface area contributed by atoms with Crippen molar-refractivity contribution in [3.8, 4) is 0 Å². The second kappa shape index (κ2) is 15.0. The number of esters is 1. The van der Waals surface area contributed by atoms with E-state index in [9.17, 15) is 14.4 Å². The molecule has 1 aliphatic carbocycles. The number of nitrogens with two attached hydrogens (primary N) is 1. The maximum absolute atomic E-state index is 13.9. The van der Waals surface area contributed by atoms with Crippen molar-refractivity contribution in [1.29, 1.82) is 0 Å². The van der Waals surface area contributed by atoms with Crippen LogP contribution in [-0.4, -0.2) is 58.3 Å². The summed E-state index contributed by atoms with van der Waals surface area (Å²) in [6, 6.07) is 21.5. The molecule has 1 saturated carbocycles. The fourth-order valence-corrected chi connectivity index (χ4v) is 6.43. The molecule has 1 aromatic heterocycles. The molecule has 2 heterocycles. The molecule has 6 rings (SSSR count). The van der Waals surface area contributed by atoms with Gasteiger partial charge in [0.1, 0.15) is 23.3 Å². The number of imidazole rings is 1. The first-order valence-corrected chi connectivity index (χ1v) is 16.8. The lowest BCUT2D eigenvalue weighted by Crippen LogP contribution is -2.54. The van der Waals surface area contributed by atoms with Gasteiger partial charge >= 0.3 is 5.97 Å². The van der Waals surface area contributed by atoms with E-state index in [-0.39, 0.29) is 30.2 Å². The Balaban J connectivity index is 1.15. The normalized spacial score (nSPS) is 17.9. The van der Waals surface area contributed by atoms with Gasteiger partial charge in [-0.1, -0.05) is 42.8 Å². The molecule has 1 fully saturated rings. The molecule has 11 nitrogen and oxygen atoms in total. The molecule has 11 heteroatoms. The van der Waals surface area contributed by atoms with Gasteiger partial charge in [-0.15, -0.1) is 0 Å². The number of ether oxygens (including phenoxy) is 1. The SMILES string of the molecule is Cn1c(CNc2ccc(C(N)=NC(=O)c3ccccc3)cc2)nc2cc([C@@](C)(NCC(=O)OC3CCCCC3)C(=O)C3C=CCN3)ccc21. The monoisotopic (exact) mass is 661 g/mol. The van der Waals surface area contributed by atoms with E-state index >= 15 is 0 Å². The van der Waals surface area contributed by atoms with Crippen LogP contribution in [0.1, 0.15) is 66.3 Å². The Morgan fingerprint density at radius 2 is 1.78 bits per heavy atom. The number of rotatable bonds is 12. The molecule has 3 aromatic carbocycles. The quantitative estimate of drug-likeness (QED) is 0.0744. The number of carbonyl (C=O) groups is 3. The van der Waals surface area contributed by atoms with Gasteiger partial charge in [0.25, 0.3) is 5.91 Å². The zero-order valence-corrected chi connectivity index (χ0v) is 27.9. The molecule has 1 unspecified atom stereocenters. The van der Waals surface area contributed by atoms with E-state index in [2.05, 4.69) is 20.9 Å². The zero-order valence-electron chi connectivity index (χ0n) is 27.9. The minimum Gasteiger partial charge on any atom is -0.461 e. The third-order valence-electron chi connectivity index (χ3n) is 9.42. The summed E-state index contributed by atoms with van der Waals surface area (Å²) >= 11 is 0. The number of nitrogens with zero attached hydrogens (tertiary/aromatic N) is 3. The number of carbonyl (C=O) groups excluding carboxylic acids is 3. The molecular weight excluding hydrogens is 618 g/mol. The van der Waals surface area contributed by atoms with Crippen molar-refractivity contribution in [2.24, 2.45) is 17.8 Å². The predicted molar refractivity (Wildman–Crippen MR) is 190 cm³/mol. The van der Waals surface area contributed by atoms with Crippen LogP contribution in [0.25, 0.3) is 11.0 Å². The number of nitrogens with one attached hydrogen (secondary N) is 3. The Hall–Kier alpha value is -5.13. The average molecular weight is 662 g/mol. The number of Topliss-reactive ketones (excluding diaryl/α,β-unsaturated/α-hetero) is 1. The van der Waals surface area contributed by atoms with Crippen molar-refractivity contribution in [2.75, 3.05) is 18.4 Å². The van der Waals surface area contributed by atoms with Crippen LogP contribution in [-0.2, 0) is 33.5 Å². The van der Waals surface area contributed by atoms with Crippen LogP contribution in [0, 0.1) is 0 Å². The van der Waals surface area contributed by atoms with E-state index in [1.807, 2.05) is 79.2 Å². The maximum atomic E-state index is 13.9. The Labute approximate surface area is 286 Å². The van der Waals surface area contributed by atoms with Gasteiger partial charge in [-0.05, 0) is 86.7 Å². The van der Waals surface area contributed by atoms with Crippen molar-refractivity contribution in [2.45, 2.75) is 63.3 Å². The number of hydrogen-bond donors (Lipinski definition) is 4. The Bertz CT molecular complexity index is 1880. The van der Waals surface area contributed by atoms with Crippen LogP contribution >= 0.6 is 0 Å². The summed E-state index contributed by atoms with van der Waals surface area (Å²) in [5, 5.41) is 9.88. The van der Waals surface area contributed by atoms with E-state index < -0.39 is 17.5 Å². The first kappa shape index (κ1) is 33.8. The molecule has 0 saturated heterocycles. The number of aromatic nitrogens is 2. The molecule has 254 valence electrons. The van der Waals surface area contributed by atoms with Gasteiger partial charge in [-0.25, -0.2) is 4.98 Å². The van der Waals surface area contributed by atoms with Crippen LogP contribution in [0.3, 0.4) is 0 Å². The first-order chi connectivity index (χ1) is 23.7. The van der Waals surface area contributed by atoms with Gasteiger partial charge in [0.2, 0.25) is 0 Å². The van der Waals surface area contributed by atoms with Crippen molar-refractivity contribution >= 4 is 40.2 Å². The summed E-state index contributed by atoms with van der Waals surface area (Å²) in [5.74, 6) is 0.116. The fraction of sp³-hybridized carbons (Fsp3) is 0.342. The minimum absolute atomic E-state index is 0.0538. The number of fused-ring (bicyclic) bond motifs is 1. The van der Waals surface area contributed by atoms with Gasteiger partial charge in [0, 0.05) is 30.4 Å². The highest BCUT2D eigenvalue weighted by molar-refractivity contribution is 6.08. The molecule has 5 N–H and O–H groups in total. The Morgan fingerprint density at radius 1 is 1.02 bits per heavy atom. The fourth-order valence-electron chi connectivity index (χ4n) is 6.43. The van der Waals surface area contributed by atoms with E-state index in [0.717, 1.165) is 53.8 Å². The van der Waals surface area contributed by atoms with E-state index in [1.165, 1.54) is 6.42 Å². The molecule has 49 heavy (non-hydrogen) atoms. The highest BCUT2D eigenvalue weighted by Crippen LogP contribution is 2.29. The highest BCUT2D eigenvalue weighted by atomic mass is 16.5. The number of benzene rings is 3. The summed E-state index contributed by atoms with van der Waals surface area (Å²) in [6.45, 7) is 2.80. The number of aliphatic imine (C=N–C) groups is 1. The Morgan fingerprint density at radius 3 is 2.49 bits per heavy atom. The second-order valence-electron chi connectivity index (χ2n) is 12.8. The van der Waals surface area contributed by atoms with Crippen molar-refractivity contribution in [1.82, 2.24) is 20.2 Å². The lowest BCUT2D eigenvalue weighted by molar-refractivity contribution is -0.149. The number of ketones is 1. The zero-order chi connectivity index (χ0) is 34.4. The molecule has 4 aromatic rings. The molecule has 1 amide bonds. The van der Waals surface area contributed by atoms with Crippen molar-refractivity contribution < 1.29 is 19.1 Å². The molecule has 0 bridgehead atoms. The summed E-state index contributed by atoms with van der Waals surface area (Å²) in [6.07, 6.45) is 8.83. The van der Waals surface area contributed by atoms with E-state index in [1.54, 1.807) is 24.3 Å². The lowest BCUT2D eigenvalue weighted by atomic mass is 9.84. The predicted octanol–water partition coefficient (Wildman–Crippen LogP) is 4.51. The van der Waals surface area contributed by atoms with Gasteiger partial charge < -0.3 is 25.7 Å². The standard InChI is InChI=1S/C38H43N7O4/c1-38(35(47)30-14-9-21-40-30,42-24-34(46)49-29-12-7-4-8-13-29)27-17-20-32-31(22-27)43-33(45(32)2)23-41-28-18-15-25(16-19-28)36(39)44-37(48)26-10-5-3-6-11-26/h3,5-6,9-11,14-20,22,29-30,40-42H,4,7-8,12-13,21,23-24H2,1-2H3,(H2,39,44,48)/t30?,38-/m1/s1. The minimum atomic E-state index is -1.17. The number of amidine groups is 1. The van der Waals surface area contributed by atoms with Crippen molar-refractivity contribution in [3.63, 3.8) is 0 Å².